The van der Waals surface area contributed by atoms with E-state index in [1.165, 1.54) is 0 Å². The molecule has 7 heteroatoms. The Kier molecular flexibility index (Phi) is 5.58. The largest absolute Gasteiger partial charge is 0.462 e. The number of aliphatic hydroxyl groups is 2. The summed E-state index contributed by atoms with van der Waals surface area (Å²) < 4.78 is 10.6. The van der Waals surface area contributed by atoms with E-state index in [4.69, 9.17) is 32.1 Å². The van der Waals surface area contributed by atoms with Crippen molar-refractivity contribution in [1.82, 2.24) is 5.32 Å². The molecule has 1 saturated heterocycles. The van der Waals surface area contributed by atoms with E-state index < -0.39 is 18.3 Å². The molecule has 1 heterocycles. The lowest BCUT2D eigenvalue weighted by atomic mass is 10.1. The maximum Gasteiger partial charge on any atom is 0.257 e. The zero-order valence-electron chi connectivity index (χ0n) is 9.50. The van der Waals surface area contributed by atoms with E-state index in [9.17, 15) is 5.11 Å². The highest BCUT2D eigenvalue weighted by molar-refractivity contribution is 7.80. The average Bonchev–Trinajstić information content (AvgIpc) is 2.57. The molecule has 1 aliphatic heterocycles. The number of aliphatic hydroxyl groups excluding tert-OH is 2. The first-order valence-electron chi connectivity index (χ1n) is 5.36. The molecule has 1 rings (SSSR count). The molecule has 96 valence electrons. The Hall–Kier alpha value is -0.940. The van der Waals surface area contributed by atoms with Crippen LogP contribution < -0.4 is 5.32 Å². The quantitative estimate of drug-likeness (QED) is 0.454. The fourth-order valence-corrected chi connectivity index (χ4v) is 1.84. The fourth-order valence-electron chi connectivity index (χ4n) is 1.63. The molecule has 4 unspecified atom stereocenters. The Labute approximate surface area is 105 Å². The number of rotatable bonds is 4. The van der Waals surface area contributed by atoms with Crippen LogP contribution in [0.15, 0.2) is 0 Å². The van der Waals surface area contributed by atoms with Crippen LogP contribution in [0, 0.1) is 11.3 Å². The van der Waals surface area contributed by atoms with E-state index in [0.29, 0.717) is 13.0 Å². The van der Waals surface area contributed by atoms with Gasteiger partial charge in [-0.2, -0.15) is 5.26 Å². The Morgan fingerprint density at radius 1 is 1.65 bits per heavy atom. The third kappa shape index (κ3) is 3.78. The normalized spacial score (nSPS) is 31.9. The molecular weight excluding hydrogens is 244 g/mol. The second-order valence-corrected chi connectivity index (χ2v) is 4.13. The van der Waals surface area contributed by atoms with Crippen LogP contribution in [0.1, 0.15) is 13.3 Å². The van der Waals surface area contributed by atoms with E-state index in [1.54, 1.807) is 6.92 Å². The molecule has 0 saturated carbocycles. The fraction of sp³-hybridized carbons (Fsp3) is 0.800. The van der Waals surface area contributed by atoms with E-state index >= 15 is 0 Å². The van der Waals surface area contributed by atoms with Gasteiger partial charge in [-0.05, 0) is 19.1 Å². The van der Waals surface area contributed by atoms with Gasteiger partial charge in [0, 0.05) is 6.54 Å². The minimum Gasteiger partial charge on any atom is -0.462 e. The molecule has 0 spiro atoms. The van der Waals surface area contributed by atoms with Gasteiger partial charge in [0.1, 0.15) is 12.2 Å². The van der Waals surface area contributed by atoms with Crippen molar-refractivity contribution in [3.8, 4) is 6.07 Å². The smallest absolute Gasteiger partial charge is 0.257 e. The molecule has 6 nitrogen and oxygen atoms in total. The number of ether oxygens (including phenoxy) is 2. The average molecular weight is 260 g/mol. The Morgan fingerprint density at radius 3 is 2.88 bits per heavy atom. The first-order chi connectivity index (χ1) is 8.10. The minimum absolute atomic E-state index is 0.123. The second kappa shape index (κ2) is 6.71. The SMILES string of the molecule is CC1OC(CO)C(O)C1OC(=S)NCCC#N. The third-order valence-electron chi connectivity index (χ3n) is 2.50. The molecular formula is C10H16N2O4S. The number of hydrogen-bond acceptors (Lipinski definition) is 6. The molecule has 1 aliphatic rings. The van der Waals surface area contributed by atoms with E-state index in [-0.39, 0.29) is 17.9 Å². The third-order valence-corrected chi connectivity index (χ3v) is 2.74. The van der Waals surface area contributed by atoms with Crippen molar-refractivity contribution in [2.24, 2.45) is 0 Å². The highest BCUT2D eigenvalue weighted by Crippen LogP contribution is 2.23. The molecule has 0 bridgehead atoms. The Balaban J connectivity index is 2.40. The van der Waals surface area contributed by atoms with Crippen LogP contribution in [-0.2, 0) is 9.47 Å². The van der Waals surface area contributed by atoms with Crippen LogP contribution >= 0.6 is 12.2 Å². The molecule has 3 N–H and O–H groups in total. The zero-order chi connectivity index (χ0) is 12.8. The van der Waals surface area contributed by atoms with Crippen LogP contribution in [0.2, 0.25) is 0 Å². The van der Waals surface area contributed by atoms with Crippen molar-refractivity contribution in [1.29, 1.82) is 5.26 Å². The van der Waals surface area contributed by atoms with Crippen LogP contribution in [-0.4, -0.2) is 53.0 Å². The van der Waals surface area contributed by atoms with Gasteiger partial charge in [0.2, 0.25) is 0 Å². The minimum atomic E-state index is -0.911. The van der Waals surface area contributed by atoms with Crippen molar-refractivity contribution in [2.75, 3.05) is 13.2 Å². The van der Waals surface area contributed by atoms with Crippen molar-refractivity contribution >= 4 is 17.4 Å². The summed E-state index contributed by atoms with van der Waals surface area (Å²) in [7, 11) is 0. The first kappa shape index (κ1) is 14.1. The first-order valence-corrected chi connectivity index (χ1v) is 5.76. The van der Waals surface area contributed by atoms with E-state index in [1.807, 2.05) is 6.07 Å². The molecule has 0 amide bonds. The van der Waals surface area contributed by atoms with Crippen LogP contribution in [0.5, 0.6) is 0 Å². The van der Waals surface area contributed by atoms with Gasteiger partial charge in [0.25, 0.3) is 5.17 Å². The summed E-state index contributed by atoms with van der Waals surface area (Å²) in [5, 5.41) is 30.0. The van der Waals surface area contributed by atoms with Crippen molar-refractivity contribution < 1.29 is 19.7 Å². The zero-order valence-corrected chi connectivity index (χ0v) is 10.3. The second-order valence-electron chi connectivity index (χ2n) is 3.76. The number of thiocarbonyl (C=S) groups is 1. The summed E-state index contributed by atoms with van der Waals surface area (Å²) in [6.45, 7) is 1.87. The number of nitrogens with zero attached hydrogens (tertiary/aromatic N) is 1. The molecule has 0 aromatic heterocycles. The predicted molar refractivity (Wildman–Crippen MR) is 63.1 cm³/mol. The van der Waals surface area contributed by atoms with Gasteiger partial charge in [-0.1, -0.05) is 0 Å². The highest BCUT2D eigenvalue weighted by Gasteiger charge is 2.43. The van der Waals surface area contributed by atoms with Crippen LogP contribution in [0.25, 0.3) is 0 Å². The van der Waals surface area contributed by atoms with Gasteiger partial charge in [-0.25, -0.2) is 0 Å². The Morgan fingerprint density at radius 2 is 2.35 bits per heavy atom. The monoisotopic (exact) mass is 260 g/mol. The molecule has 0 radical (unpaired) electrons. The molecule has 17 heavy (non-hydrogen) atoms. The lowest BCUT2D eigenvalue weighted by Gasteiger charge is -2.20. The number of hydrogen-bond donors (Lipinski definition) is 3. The van der Waals surface area contributed by atoms with Crippen molar-refractivity contribution in [2.45, 2.75) is 37.8 Å². The van der Waals surface area contributed by atoms with Crippen LogP contribution in [0.4, 0.5) is 0 Å². The predicted octanol–water partition coefficient (Wildman–Crippen LogP) is -0.700. The summed E-state index contributed by atoms with van der Waals surface area (Å²) in [6, 6.07) is 1.97. The maximum atomic E-state index is 9.79. The van der Waals surface area contributed by atoms with Crippen molar-refractivity contribution in [3.63, 3.8) is 0 Å². The van der Waals surface area contributed by atoms with Gasteiger partial charge in [-0.15, -0.1) is 0 Å². The molecule has 1 fully saturated rings. The van der Waals surface area contributed by atoms with E-state index in [0.717, 1.165) is 0 Å². The summed E-state index contributed by atoms with van der Waals surface area (Å²) in [5.41, 5.74) is 0. The molecule has 0 aromatic carbocycles. The summed E-state index contributed by atoms with van der Waals surface area (Å²) in [4.78, 5) is 0. The molecule has 4 atom stereocenters. The Bertz CT molecular complexity index is 307. The van der Waals surface area contributed by atoms with Gasteiger partial charge < -0.3 is 25.0 Å². The number of nitriles is 1. The molecule has 0 aliphatic carbocycles. The summed E-state index contributed by atoms with van der Waals surface area (Å²) in [5.74, 6) is 0. The standard InChI is InChI=1S/C10H16N2O4S/c1-6-9(8(14)7(5-13)15-6)16-10(17)12-4-2-3-11/h6-9,13-14H,2,4-5H2,1H3,(H,12,17). The van der Waals surface area contributed by atoms with Gasteiger partial charge in [0.05, 0.1) is 25.2 Å². The highest BCUT2D eigenvalue weighted by atomic mass is 32.1. The lowest BCUT2D eigenvalue weighted by molar-refractivity contribution is -0.0171. The van der Waals surface area contributed by atoms with Gasteiger partial charge >= 0.3 is 0 Å². The lowest BCUT2D eigenvalue weighted by Crippen LogP contribution is -2.40. The van der Waals surface area contributed by atoms with Gasteiger partial charge in [0.15, 0.2) is 6.10 Å². The maximum absolute atomic E-state index is 9.79. The summed E-state index contributed by atoms with van der Waals surface area (Å²) >= 11 is 4.91. The van der Waals surface area contributed by atoms with Crippen LogP contribution in [0.3, 0.4) is 0 Å². The molecule has 0 aromatic rings. The summed E-state index contributed by atoms with van der Waals surface area (Å²) in [6.07, 6.45) is -2.18. The van der Waals surface area contributed by atoms with E-state index in [2.05, 4.69) is 5.32 Å². The number of nitrogens with one attached hydrogen (secondary N) is 1. The van der Waals surface area contributed by atoms with Gasteiger partial charge in [-0.3, -0.25) is 0 Å². The topological polar surface area (TPSA) is 94.7 Å². The van der Waals surface area contributed by atoms with Crippen molar-refractivity contribution in [3.05, 3.63) is 0 Å².